The van der Waals surface area contributed by atoms with Gasteiger partial charge in [-0.2, -0.15) is 0 Å². The fraction of sp³-hybridized carbons (Fsp3) is 0.145. The van der Waals surface area contributed by atoms with E-state index in [1.165, 1.54) is 33.6 Å². The fourth-order valence-electron chi connectivity index (χ4n) is 8.86. The average Bonchev–Trinajstić information content (AvgIpc) is 3.14. The summed E-state index contributed by atoms with van der Waals surface area (Å²) in [5.74, 6) is 2.02. The van der Waals surface area contributed by atoms with E-state index in [1.54, 1.807) is 100 Å². The Morgan fingerprint density at radius 3 is 1.28 bits per heavy atom. The number of nitrogens with zero attached hydrogens (tertiary/aromatic N) is 12. The van der Waals surface area contributed by atoms with Gasteiger partial charge < -0.3 is 31.1 Å². The summed E-state index contributed by atoms with van der Waals surface area (Å²) in [6, 6.07) is 46.7. The number of anilines is 8. The van der Waals surface area contributed by atoms with Crippen LogP contribution in [-0.4, -0.2) is 78.0 Å². The van der Waals surface area contributed by atoms with Gasteiger partial charge in [0.05, 0.1) is 12.7 Å². The van der Waals surface area contributed by atoms with E-state index in [9.17, 15) is 9.90 Å². The zero-order chi connectivity index (χ0) is 64.2. The quantitative estimate of drug-likeness (QED) is 0.0420. The number of thiazole rings is 4. The van der Waals surface area contributed by atoms with Crippen LogP contribution in [0.2, 0.25) is 0 Å². The maximum Gasteiger partial charge on any atom is 0.337 e. The Hall–Kier alpha value is -10.6. The summed E-state index contributed by atoms with van der Waals surface area (Å²) in [6.07, 6.45) is 17.3. The Balaban J connectivity index is 0.000000135. The summed E-state index contributed by atoms with van der Waals surface area (Å²) in [4.78, 5) is 68.9. The first kappa shape index (κ1) is 64.4. The first-order chi connectivity index (χ1) is 44.8. The van der Waals surface area contributed by atoms with Crippen molar-refractivity contribution in [2.75, 3.05) is 28.4 Å². The van der Waals surface area contributed by atoms with E-state index in [0.29, 0.717) is 35.0 Å². The summed E-state index contributed by atoms with van der Waals surface area (Å²) in [7, 11) is 1.35. The molecule has 0 fully saturated rings. The number of aryl methyl sites for hydroxylation is 6. The van der Waals surface area contributed by atoms with Gasteiger partial charge in [0.1, 0.15) is 48.6 Å². The normalized spacial score (nSPS) is 10.6. The molecule has 5 aromatic carbocycles. The van der Waals surface area contributed by atoms with Crippen molar-refractivity contribution in [1.82, 2.24) is 59.8 Å². The fourth-order valence-corrected chi connectivity index (χ4v) is 11.8. The Morgan fingerprint density at radius 1 is 0.446 bits per heavy atom. The second-order valence-electron chi connectivity index (χ2n) is 20.5. The summed E-state index contributed by atoms with van der Waals surface area (Å²) >= 11 is 6.44. The third kappa shape index (κ3) is 18.3. The van der Waals surface area contributed by atoms with E-state index < -0.39 is 0 Å². The summed E-state index contributed by atoms with van der Waals surface area (Å²) in [5.41, 5.74) is 11.9. The number of aromatic nitrogens is 12. The summed E-state index contributed by atoms with van der Waals surface area (Å²) < 4.78 is 4.72. The molecule has 0 spiro atoms. The number of rotatable bonds is 17. The average molecular weight is 1290 g/mol. The van der Waals surface area contributed by atoms with Gasteiger partial charge in [0.15, 0.2) is 0 Å². The molecule has 5 N–H and O–H groups in total. The van der Waals surface area contributed by atoms with Crippen molar-refractivity contribution in [1.29, 1.82) is 0 Å². The van der Waals surface area contributed by atoms with Crippen LogP contribution in [0.1, 0.15) is 65.5 Å². The first-order valence-electron chi connectivity index (χ1n) is 29.1. The minimum atomic E-state index is -0.387. The molecule has 0 unspecified atom stereocenters. The highest BCUT2D eigenvalue weighted by molar-refractivity contribution is 7.15. The maximum atomic E-state index is 11.6. The van der Waals surface area contributed by atoms with Crippen molar-refractivity contribution in [2.45, 2.75) is 60.8 Å². The van der Waals surface area contributed by atoms with Crippen LogP contribution in [0.15, 0.2) is 195 Å². The standard InChI is InChI=1S/C21H18N4S.C17H18N4S.C16H14N4O2S.C15H14N4OS/c1-15-14-23-20(26-15)19-11-12-22-21(25-19)24-18-10-6-5-9-17(18)13-16-7-3-2-4-8-16;1-3-6-13-7-4-5-8-14(13)20-17-18-10-9-15(21-17)16-19-11-12(2)22-16;1-10-9-18-14(23-10)13-6-7-17-16(20-13)19-12-5-3-4-11(8-12)15(21)22-2;1-9-7-11(3-4-13(9)20)18-15-16-6-5-12(19-15)14-17-8-10(2)21-14/h2-12,14H,13H2,1H3,(H,22,24,25);4-5,7-11H,3,6H2,1-2H3,(H,18,20,21);3-9H,1-2H3,(H,17,19,20);3-8,20H,1-2H3,(H,16,18,19). The largest absolute Gasteiger partial charge is 0.508 e. The number of ether oxygens (including phenoxy) is 1. The first-order valence-corrected chi connectivity index (χ1v) is 32.4. The van der Waals surface area contributed by atoms with Crippen LogP contribution in [0.25, 0.3) is 42.8 Å². The zero-order valence-corrected chi connectivity index (χ0v) is 54.6. The molecule has 0 radical (unpaired) electrons. The zero-order valence-electron chi connectivity index (χ0n) is 51.4. The molecule has 0 aliphatic carbocycles. The van der Waals surface area contributed by atoms with E-state index in [-0.39, 0.29) is 11.7 Å². The Bertz CT molecular complexity index is 4550. The van der Waals surface area contributed by atoms with Crippen molar-refractivity contribution < 1.29 is 14.6 Å². The molecule has 92 heavy (non-hydrogen) atoms. The van der Waals surface area contributed by atoms with Crippen LogP contribution in [0.5, 0.6) is 5.75 Å². The lowest BCUT2D eigenvalue weighted by Crippen LogP contribution is -2.03. The van der Waals surface area contributed by atoms with E-state index >= 15 is 0 Å². The summed E-state index contributed by atoms with van der Waals surface area (Å²) in [5, 5.41) is 26.0. The lowest BCUT2D eigenvalue weighted by Gasteiger charge is -2.11. The minimum Gasteiger partial charge on any atom is -0.508 e. The number of methoxy groups -OCH3 is 1. The predicted molar refractivity (Wildman–Crippen MR) is 371 cm³/mol. The van der Waals surface area contributed by atoms with Crippen LogP contribution < -0.4 is 21.3 Å². The number of carbonyl (C=O) groups excluding carboxylic acids is 1. The van der Waals surface area contributed by atoms with Gasteiger partial charge >= 0.3 is 5.97 Å². The van der Waals surface area contributed by atoms with E-state index in [4.69, 9.17) is 4.74 Å². The lowest BCUT2D eigenvalue weighted by molar-refractivity contribution is 0.0600. The summed E-state index contributed by atoms with van der Waals surface area (Å²) in [6.45, 7) is 12.1. The number of aromatic hydroxyl groups is 1. The highest BCUT2D eigenvalue weighted by Gasteiger charge is 2.14. The van der Waals surface area contributed by atoms with Crippen LogP contribution in [0.4, 0.5) is 46.5 Å². The molecule has 0 amide bonds. The number of hydrogen-bond acceptors (Lipinski definition) is 23. The van der Waals surface area contributed by atoms with E-state index in [1.807, 2.05) is 114 Å². The number of nitrogens with one attached hydrogen (secondary N) is 4. The van der Waals surface area contributed by atoms with Gasteiger partial charge in [0.25, 0.3) is 0 Å². The maximum absolute atomic E-state index is 11.6. The number of para-hydroxylation sites is 2. The number of carbonyl (C=O) groups is 1. The Morgan fingerprint density at radius 2 is 0.859 bits per heavy atom. The van der Waals surface area contributed by atoms with Crippen LogP contribution in [0, 0.1) is 34.6 Å². The minimum absolute atomic E-state index is 0.272. The molecule has 19 nitrogen and oxygen atoms in total. The third-order valence-electron chi connectivity index (χ3n) is 13.3. The molecule has 13 rings (SSSR count). The Labute approximate surface area is 549 Å². The van der Waals surface area contributed by atoms with E-state index in [0.717, 1.165) is 94.4 Å². The molecule has 23 heteroatoms. The molecular formula is C69H64N16O3S4. The number of hydrogen-bond donors (Lipinski definition) is 5. The van der Waals surface area contributed by atoms with Gasteiger partial charge in [0, 0.05) is 91.8 Å². The number of esters is 1. The van der Waals surface area contributed by atoms with Crippen molar-refractivity contribution in [3.05, 3.63) is 242 Å². The SMILES string of the molecule is CCCc1ccccc1Nc1nccc(-c2ncc(C)s2)n1.COC(=O)c1cccc(Nc2nccc(-c3ncc(C)s3)n2)c1.Cc1cnc(-c2ccnc(Nc3ccc(O)c(C)c3)n2)s1.Cc1cnc(-c2ccnc(Nc3ccccc3Cc3ccccc3)n2)s1. The second-order valence-corrected chi connectivity index (χ2v) is 25.4. The van der Waals surface area contributed by atoms with Crippen LogP contribution in [0.3, 0.4) is 0 Å². The molecular weight excluding hydrogens is 1230 g/mol. The molecule has 0 atom stereocenters. The number of benzene rings is 5. The predicted octanol–water partition coefficient (Wildman–Crippen LogP) is 17.0. The molecule has 0 aliphatic rings. The molecule has 0 bridgehead atoms. The van der Waals surface area contributed by atoms with Crippen molar-refractivity contribution >= 4 is 97.9 Å². The molecule has 0 aliphatic heterocycles. The Kier molecular flexibility index (Phi) is 22.2. The van der Waals surface area contributed by atoms with Gasteiger partial charge in [-0.15, -0.1) is 45.3 Å². The second kappa shape index (κ2) is 31.7. The van der Waals surface area contributed by atoms with Gasteiger partial charge in [-0.3, -0.25) is 0 Å². The molecule has 8 aromatic heterocycles. The van der Waals surface area contributed by atoms with Crippen LogP contribution in [-0.2, 0) is 17.6 Å². The highest BCUT2D eigenvalue weighted by atomic mass is 32.1. The molecule has 0 saturated heterocycles. The lowest BCUT2D eigenvalue weighted by atomic mass is 10.0. The van der Waals surface area contributed by atoms with Crippen molar-refractivity contribution in [3.8, 4) is 48.6 Å². The third-order valence-corrected chi connectivity index (χ3v) is 17.0. The smallest absolute Gasteiger partial charge is 0.337 e. The van der Waals surface area contributed by atoms with Gasteiger partial charge in [0.2, 0.25) is 23.8 Å². The number of phenolic OH excluding ortho intramolecular Hbond substituents is 1. The molecule has 0 saturated carbocycles. The van der Waals surface area contributed by atoms with Crippen molar-refractivity contribution in [3.63, 3.8) is 0 Å². The monoisotopic (exact) mass is 1290 g/mol. The van der Waals surface area contributed by atoms with Crippen molar-refractivity contribution in [2.24, 2.45) is 0 Å². The van der Waals surface area contributed by atoms with Gasteiger partial charge in [-0.05, 0) is 143 Å². The highest BCUT2D eigenvalue weighted by Crippen LogP contribution is 2.30. The van der Waals surface area contributed by atoms with Gasteiger partial charge in [-0.25, -0.2) is 64.6 Å². The topological polar surface area (TPSA) is 249 Å². The van der Waals surface area contributed by atoms with E-state index in [2.05, 4.69) is 149 Å². The molecule has 8 heterocycles. The molecule has 462 valence electrons. The number of phenols is 1. The van der Waals surface area contributed by atoms with Crippen LogP contribution >= 0.6 is 45.3 Å². The molecule has 13 aromatic rings. The van der Waals surface area contributed by atoms with Gasteiger partial charge in [-0.1, -0.05) is 86.1 Å².